The van der Waals surface area contributed by atoms with E-state index < -0.39 is 10.8 Å². The molecule has 0 aliphatic carbocycles. The molecule has 0 atom stereocenters. The Balaban J connectivity index is 2.58. The van der Waals surface area contributed by atoms with Gasteiger partial charge in [-0.05, 0) is 34.4 Å². The second kappa shape index (κ2) is 3.54. The summed E-state index contributed by atoms with van der Waals surface area (Å²) in [6.45, 7) is 7.52. The lowest BCUT2D eigenvalue weighted by Gasteiger charge is -2.04. The fourth-order valence-corrected chi connectivity index (χ4v) is 3.08. The van der Waals surface area contributed by atoms with Gasteiger partial charge in [0, 0.05) is 22.3 Å². The Hall–Kier alpha value is -1.15. The first kappa shape index (κ1) is 9.41. The van der Waals surface area contributed by atoms with Crippen molar-refractivity contribution in [1.82, 2.24) is 0 Å². The van der Waals surface area contributed by atoms with Crippen LogP contribution in [0.3, 0.4) is 0 Å². The van der Waals surface area contributed by atoms with Crippen LogP contribution in [0.25, 0.3) is 12.2 Å². The van der Waals surface area contributed by atoms with E-state index in [-0.39, 0.29) is 0 Å². The Labute approximate surface area is 86.6 Å². The molecule has 2 rings (SSSR count). The number of hydrogen-bond donors (Lipinski definition) is 0. The minimum atomic E-state index is -0.708. The van der Waals surface area contributed by atoms with Gasteiger partial charge in [0.05, 0.1) is 0 Å². The van der Waals surface area contributed by atoms with Gasteiger partial charge in [-0.25, -0.2) is 0 Å². The van der Waals surface area contributed by atoms with Gasteiger partial charge >= 0.3 is 0 Å². The maximum atomic E-state index is 11.4. The van der Waals surface area contributed by atoms with E-state index in [0.29, 0.717) is 11.5 Å². The zero-order valence-electron chi connectivity index (χ0n) is 7.95. The fraction of sp³-hybridized carbons (Fsp3) is 0.167. The minimum Gasteiger partial charge on any atom is -0.259 e. The van der Waals surface area contributed by atoms with Crippen LogP contribution in [-0.2, 0) is 22.3 Å². The summed E-state index contributed by atoms with van der Waals surface area (Å²) in [6.07, 6.45) is 3.64. The number of rotatable bonds is 2. The second-order valence-corrected chi connectivity index (χ2v) is 4.84. The van der Waals surface area contributed by atoms with E-state index in [2.05, 4.69) is 25.3 Å². The normalized spacial score (nSPS) is 15.1. The van der Waals surface area contributed by atoms with Crippen LogP contribution >= 0.6 is 0 Å². The van der Waals surface area contributed by atoms with Gasteiger partial charge in [0.2, 0.25) is 0 Å². The summed E-state index contributed by atoms with van der Waals surface area (Å²) >= 11 is 0. The predicted molar refractivity (Wildman–Crippen MR) is 62.2 cm³/mol. The van der Waals surface area contributed by atoms with Crippen molar-refractivity contribution in [2.45, 2.75) is 11.5 Å². The molecule has 1 aromatic carbocycles. The van der Waals surface area contributed by atoms with Gasteiger partial charge in [0.25, 0.3) is 0 Å². The monoisotopic (exact) mass is 204 g/mol. The van der Waals surface area contributed by atoms with E-state index in [0.717, 1.165) is 11.1 Å². The van der Waals surface area contributed by atoms with E-state index in [1.54, 1.807) is 0 Å². The van der Waals surface area contributed by atoms with Crippen molar-refractivity contribution in [3.05, 3.63) is 47.5 Å². The topological polar surface area (TPSA) is 17.1 Å². The third kappa shape index (κ3) is 1.46. The highest BCUT2D eigenvalue weighted by atomic mass is 32.2. The molecule has 0 radical (unpaired) electrons. The number of fused-ring (bicyclic) bond motifs is 1. The van der Waals surface area contributed by atoms with Crippen molar-refractivity contribution >= 4 is 23.0 Å². The van der Waals surface area contributed by atoms with Crippen LogP contribution in [0.2, 0.25) is 0 Å². The molecule has 1 aromatic rings. The summed E-state index contributed by atoms with van der Waals surface area (Å²) in [5.74, 6) is 1.38. The molecule has 2 heteroatoms. The highest BCUT2D eigenvalue weighted by Crippen LogP contribution is 2.27. The summed E-state index contributed by atoms with van der Waals surface area (Å²) in [5, 5.41) is 0. The van der Waals surface area contributed by atoms with E-state index in [1.165, 1.54) is 11.1 Å². The highest BCUT2D eigenvalue weighted by Gasteiger charge is 2.17. The van der Waals surface area contributed by atoms with Crippen LogP contribution in [0, 0.1) is 0 Å². The third-order valence-corrected chi connectivity index (χ3v) is 3.74. The molecule has 0 bridgehead atoms. The smallest absolute Gasteiger partial charge is 0.0492 e. The van der Waals surface area contributed by atoms with Crippen molar-refractivity contribution in [2.24, 2.45) is 0 Å². The maximum absolute atomic E-state index is 11.4. The van der Waals surface area contributed by atoms with Crippen molar-refractivity contribution in [2.75, 3.05) is 0 Å². The molecule has 1 aliphatic heterocycles. The molecule has 0 saturated carbocycles. The van der Waals surface area contributed by atoms with Gasteiger partial charge in [-0.2, -0.15) is 0 Å². The first-order valence-electron chi connectivity index (χ1n) is 4.50. The summed E-state index contributed by atoms with van der Waals surface area (Å²) in [6, 6.07) is 4.15. The molecule has 14 heavy (non-hydrogen) atoms. The average molecular weight is 204 g/mol. The lowest BCUT2D eigenvalue weighted by Crippen LogP contribution is -1.87. The quantitative estimate of drug-likeness (QED) is 0.724. The zero-order valence-corrected chi connectivity index (χ0v) is 8.77. The van der Waals surface area contributed by atoms with Gasteiger partial charge < -0.3 is 0 Å². The van der Waals surface area contributed by atoms with E-state index in [4.69, 9.17) is 0 Å². The molecule has 0 amide bonds. The molecule has 0 aromatic heterocycles. The Kier molecular flexibility index (Phi) is 2.38. The Morgan fingerprint density at radius 3 is 1.86 bits per heavy atom. The zero-order chi connectivity index (χ0) is 10.1. The third-order valence-electron chi connectivity index (χ3n) is 2.48. The Morgan fingerprint density at radius 2 is 1.50 bits per heavy atom. The fourth-order valence-electron chi connectivity index (χ4n) is 1.75. The first-order chi connectivity index (χ1) is 6.74. The molecular weight excluding hydrogens is 192 g/mol. The highest BCUT2D eigenvalue weighted by molar-refractivity contribution is 7.83. The molecule has 1 heterocycles. The van der Waals surface area contributed by atoms with Gasteiger partial charge in [0.15, 0.2) is 0 Å². The summed E-state index contributed by atoms with van der Waals surface area (Å²) < 4.78 is 11.4. The Bertz CT molecular complexity index is 393. The molecular formula is C12H12OS. The van der Waals surface area contributed by atoms with Crippen molar-refractivity contribution in [1.29, 1.82) is 0 Å². The molecule has 1 aliphatic rings. The number of hydrogen-bond acceptors (Lipinski definition) is 1. The van der Waals surface area contributed by atoms with Crippen LogP contribution in [0.5, 0.6) is 0 Å². The number of benzene rings is 1. The minimum absolute atomic E-state index is 0.688. The van der Waals surface area contributed by atoms with Crippen LogP contribution < -0.4 is 0 Å². The lowest BCUT2D eigenvalue weighted by atomic mass is 10.00. The summed E-state index contributed by atoms with van der Waals surface area (Å²) in [4.78, 5) is 0. The average Bonchev–Trinajstić information content (AvgIpc) is 2.54. The van der Waals surface area contributed by atoms with Gasteiger partial charge in [-0.15, -0.1) is 0 Å². The molecule has 72 valence electrons. The van der Waals surface area contributed by atoms with E-state index in [1.807, 2.05) is 12.2 Å². The van der Waals surface area contributed by atoms with Crippen LogP contribution in [0.15, 0.2) is 25.3 Å². The van der Waals surface area contributed by atoms with Crippen molar-refractivity contribution in [3.8, 4) is 0 Å². The largest absolute Gasteiger partial charge is 0.259 e. The molecule has 1 nitrogen and oxygen atoms in total. The molecule has 0 unspecified atom stereocenters. The lowest BCUT2D eigenvalue weighted by molar-refractivity contribution is 0.684. The maximum Gasteiger partial charge on any atom is 0.0492 e. The summed E-state index contributed by atoms with van der Waals surface area (Å²) in [5.41, 5.74) is 4.56. The van der Waals surface area contributed by atoms with Gasteiger partial charge in [-0.1, -0.05) is 25.3 Å². The van der Waals surface area contributed by atoms with Crippen LogP contribution in [0.1, 0.15) is 22.3 Å². The predicted octanol–water partition coefficient (Wildman–Crippen LogP) is 2.73. The van der Waals surface area contributed by atoms with Crippen LogP contribution in [-0.4, -0.2) is 4.21 Å². The SMILES string of the molecule is C=Cc1cc2c(cc1C=C)CS(=O)C2. The van der Waals surface area contributed by atoms with Gasteiger partial charge in [-0.3, -0.25) is 4.21 Å². The van der Waals surface area contributed by atoms with Crippen LogP contribution in [0.4, 0.5) is 0 Å². The van der Waals surface area contributed by atoms with Crippen molar-refractivity contribution in [3.63, 3.8) is 0 Å². The first-order valence-corrected chi connectivity index (χ1v) is 5.99. The van der Waals surface area contributed by atoms with E-state index >= 15 is 0 Å². The molecule has 0 spiro atoms. The molecule has 0 saturated heterocycles. The molecule has 0 N–H and O–H groups in total. The van der Waals surface area contributed by atoms with Gasteiger partial charge in [0.1, 0.15) is 0 Å². The van der Waals surface area contributed by atoms with E-state index in [9.17, 15) is 4.21 Å². The Morgan fingerprint density at radius 1 is 1.07 bits per heavy atom. The summed E-state index contributed by atoms with van der Waals surface area (Å²) in [7, 11) is -0.708. The standard InChI is InChI=1S/C12H12OS/c1-3-9-5-11-7-14(13)8-12(11)6-10(9)4-2/h3-6H,1-2,7-8H2. The van der Waals surface area contributed by atoms with Crippen molar-refractivity contribution < 1.29 is 4.21 Å². The molecule has 0 fully saturated rings. The second-order valence-electron chi connectivity index (χ2n) is 3.39.